The molecule has 2 aromatic carbocycles. The Balaban J connectivity index is 1.27. The number of anilines is 1. The summed E-state index contributed by atoms with van der Waals surface area (Å²) in [5.41, 5.74) is 2.63. The molecular formula is C26H23N7O3S. The summed E-state index contributed by atoms with van der Waals surface area (Å²) < 4.78 is 12.7. The minimum atomic E-state index is -0.269. The maximum Gasteiger partial charge on any atom is 0.237 e. The first-order chi connectivity index (χ1) is 18.2. The largest absolute Gasteiger partial charge is 0.495 e. The number of ether oxygens (including phenoxy) is 1. The van der Waals surface area contributed by atoms with Crippen LogP contribution < -0.4 is 10.1 Å². The molecule has 11 heteroatoms. The highest BCUT2D eigenvalue weighted by atomic mass is 32.2. The molecule has 0 radical (unpaired) electrons. The topological polar surface area (TPSA) is 121 Å². The fourth-order valence-electron chi connectivity index (χ4n) is 3.65. The van der Waals surface area contributed by atoms with Crippen LogP contribution in [-0.4, -0.2) is 42.9 Å². The summed E-state index contributed by atoms with van der Waals surface area (Å²) in [4.78, 5) is 20.9. The third kappa shape index (κ3) is 6.01. The Kier molecular flexibility index (Phi) is 7.51. The number of rotatable bonds is 10. The smallest absolute Gasteiger partial charge is 0.237 e. The highest BCUT2D eigenvalue weighted by Crippen LogP contribution is 2.27. The van der Waals surface area contributed by atoms with E-state index in [-0.39, 0.29) is 12.3 Å². The van der Waals surface area contributed by atoms with E-state index in [2.05, 4.69) is 42.8 Å². The van der Waals surface area contributed by atoms with Crippen LogP contribution in [0, 0.1) is 0 Å². The van der Waals surface area contributed by atoms with Gasteiger partial charge in [0.05, 0.1) is 31.5 Å². The quantitative estimate of drug-likeness (QED) is 0.273. The van der Waals surface area contributed by atoms with Crippen molar-refractivity contribution in [1.82, 2.24) is 29.9 Å². The second-order valence-electron chi connectivity index (χ2n) is 7.93. The second-order valence-corrected chi connectivity index (χ2v) is 8.87. The molecule has 1 N–H and O–H groups in total. The Morgan fingerprint density at radius 1 is 1.03 bits per heavy atom. The molecule has 0 unspecified atom stereocenters. The third-order valence-corrected chi connectivity index (χ3v) is 6.33. The molecule has 0 atom stereocenters. The van der Waals surface area contributed by atoms with E-state index in [0.29, 0.717) is 40.6 Å². The van der Waals surface area contributed by atoms with Gasteiger partial charge in [-0.25, -0.2) is 0 Å². The van der Waals surface area contributed by atoms with Crippen molar-refractivity contribution in [3.05, 3.63) is 96.4 Å². The van der Waals surface area contributed by atoms with Crippen LogP contribution in [-0.2, 0) is 23.5 Å². The molecule has 0 aliphatic heterocycles. The molecule has 0 aliphatic rings. The van der Waals surface area contributed by atoms with Gasteiger partial charge in [-0.3, -0.25) is 14.3 Å². The predicted octanol–water partition coefficient (Wildman–Crippen LogP) is 4.25. The van der Waals surface area contributed by atoms with E-state index in [1.54, 1.807) is 31.6 Å². The second kappa shape index (κ2) is 11.5. The number of hydrogen-bond donors (Lipinski definition) is 1. The van der Waals surface area contributed by atoms with Crippen molar-refractivity contribution in [3.63, 3.8) is 0 Å². The normalized spacial score (nSPS) is 10.8. The monoisotopic (exact) mass is 513 g/mol. The van der Waals surface area contributed by atoms with Crippen LogP contribution in [0.25, 0.3) is 11.4 Å². The fraction of sp³-hybridized carbons (Fsp3) is 0.154. The van der Waals surface area contributed by atoms with Gasteiger partial charge in [-0.1, -0.05) is 59.4 Å². The molecule has 5 aromatic rings. The molecule has 5 rings (SSSR count). The highest BCUT2D eigenvalue weighted by molar-refractivity contribution is 7.98. The molecule has 0 saturated carbocycles. The Morgan fingerprint density at radius 2 is 1.81 bits per heavy atom. The summed E-state index contributed by atoms with van der Waals surface area (Å²) in [5, 5.41) is 16.3. The first-order valence-electron chi connectivity index (χ1n) is 11.4. The standard InChI is InChI=1S/C26H23N7O3S/c1-35-21-10-6-5-9-20(21)28-23(34)15-22-29-24(36-32-22)17-37-26-31-30-25(19-11-13-27-14-12-19)33(26)16-18-7-3-2-4-8-18/h2-14H,15-17H2,1H3,(H,28,34). The fourth-order valence-corrected chi connectivity index (χ4v) is 4.43. The summed E-state index contributed by atoms with van der Waals surface area (Å²) in [7, 11) is 1.55. The highest BCUT2D eigenvalue weighted by Gasteiger charge is 2.18. The van der Waals surface area contributed by atoms with E-state index in [1.807, 2.05) is 47.0 Å². The van der Waals surface area contributed by atoms with Gasteiger partial charge in [-0.05, 0) is 29.8 Å². The van der Waals surface area contributed by atoms with E-state index in [1.165, 1.54) is 11.8 Å². The van der Waals surface area contributed by atoms with Crippen LogP contribution in [0.2, 0.25) is 0 Å². The number of nitrogens with zero attached hydrogens (tertiary/aromatic N) is 6. The molecule has 37 heavy (non-hydrogen) atoms. The van der Waals surface area contributed by atoms with Crippen LogP contribution in [0.5, 0.6) is 5.75 Å². The van der Waals surface area contributed by atoms with Crippen molar-refractivity contribution in [3.8, 4) is 17.1 Å². The van der Waals surface area contributed by atoms with Gasteiger partial charge in [-0.15, -0.1) is 10.2 Å². The molecular weight excluding hydrogens is 490 g/mol. The van der Waals surface area contributed by atoms with Crippen LogP contribution >= 0.6 is 11.8 Å². The number of benzene rings is 2. The summed E-state index contributed by atoms with van der Waals surface area (Å²) in [5.74, 6) is 2.12. The van der Waals surface area contributed by atoms with E-state index in [9.17, 15) is 4.79 Å². The van der Waals surface area contributed by atoms with Crippen LogP contribution in [0.4, 0.5) is 5.69 Å². The number of amides is 1. The zero-order valence-corrected chi connectivity index (χ0v) is 20.8. The zero-order chi connectivity index (χ0) is 25.5. The number of thioether (sulfide) groups is 1. The molecule has 0 saturated heterocycles. The Hall–Kier alpha value is -4.51. The maximum atomic E-state index is 12.5. The van der Waals surface area contributed by atoms with E-state index >= 15 is 0 Å². The Bertz CT molecular complexity index is 1470. The number of para-hydroxylation sites is 2. The maximum absolute atomic E-state index is 12.5. The van der Waals surface area contributed by atoms with Gasteiger partial charge in [0.15, 0.2) is 16.8 Å². The van der Waals surface area contributed by atoms with Crippen molar-refractivity contribution in [2.45, 2.75) is 23.9 Å². The Labute approximate surface area is 217 Å². The molecule has 0 fully saturated rings. The summed E-state index contributed by atoms with van der Waals surface area (Å²) >= 11 is 1.44. The molecule has 1 amide bonds. The number of carbonyl (C=O) groups excluding carboxylic acids is 1. The third-order valence-electron chi connectivity index (χ3n) is 5.37. The van der Waals surface area contributed by atoms with Gasteiger partial charge >= 0.3 is 0 Å². The van der Waals surface area contributed by atoms with Crippen molar-refractivity contribution < 1.29 is 14.1 Å². The van der Waals surface area contributed by atoms with E-state index in [4.69, 9.17) is 9.26 Å². The number of carbonyl (C=O) groups is 1. The van der Waals surface area contributed by atoms with Crippen molar-refractivity contribution in [1.29, 1.82) is 0 Å². The van der Waals surface area contributed by atoms with E-state index < -0.39 is 0 Å². The number of aromatic nitrogens is 6. The average molecular weight is 514 g/mol. The number of hydrogen-bond acceptors (Lipinski definition) is 9. The number of methoxy groups -OCH3 is 1. The van der Waals surface area contributed by atoms with Gasteiger partial charge in [0.25, 0.3) is 0 Å². The lowest BCUT2D eigenvalue weighted by atomic mass is 10.2. The van der Waals surface area contributed by atoms with E-state index in [0.717, 1.165) is 17.0 Å². The minimum Gasteiger partial charge on any atom is -0.495 e. The van der Waals surface area contributed by atoms with Crippen molar-refractivity contribution in [2.75, 3.05) is 12.4 Å². The van der Waals surface area contributed by atoms with Crippen LogP contribution in [0.1, 0.15) is 17.3 Å². The van der Waals surface area contributed by atoms with Crippen LogP contribution in [0.3, 0.4) is 0 Å². The summed E-state index contributed by atoms with van der Waals surface area (Å²) in [6, 6.07) is 21.1. The number of pyridine rings is 1. The molecule has 10 nitrogen and oxygen atoms in total. The van der Waals surface area contributed by atoms with Crippen molar-refractivity contribution >= 4 is 23.4 Å². The number of nitrogens with one attached hydrogen (secondary N) is 1. The summed E-state index contributed by atoms with van der Waals surface area (Å²) in [6.45, 7) is 0.603. The summed E-state index contributed by atoms with van der Waals surface area (Å²) in [6.07, 6.45) is 3.43. The molecule has 0 spiro atoms. The molecule has 0 bridgehead atoms. The average Bonchev–Trinajstić information content (AvgIpc) is 3.55. The SMILES string of the molecule is COc1ccccc1NC(=O)Cc1noc(CSc2nnc(-c3ccncc3)n2Cc2ccccc2)n1. The van der Waals surface area contributed by atoms with Gasteiger partial charge in [0.1, 0.15) is 5.75 Å². The zero-order valence-electron chi connectivity index (χ0n) is 19.9. The predicted molar refractivity (Wildman–Crippen MR) is 138 cm³/mol. The first-order valence-corrected chi connectivity index (χ1v) is 12.4. The lowest BCUT2D eigenvalue weighted by Crippen LogP contribution is -2.15. The Morgan fingerprint density at radius 3 is 2.62 bits per heavy atom. The van der Waals surface area contributed by atoms with Crippen molar-refractivity contribution in [2.24, 2.45) is 0 Å². The lowest BCUT2D eigenvalue weighted by Gasteiger charge is -2.10. The molecule has 3 heterocycles. The molecule has 186 valence electrons. The molecule has 3 aromatic heterocycles. The molecule has 0 aliphatic carbocycles. The van der Waals surface area contributed by atoms with Gasteiger partial charge < -0.3 is 14.6 Å². The van der Waals surface area contributed by atoms with Gasteiger partial charge in [0.2, 0.25) is 11.8 Å². The van der Waals surface area contributed by atoms with Gasteiger partial charge in [0, 0.05) is 18.0 Å². The van der Waals surface area contributed by atoms with Crippen LogP contribution in [0.15, 0.2) is 88.8 Å². The van der Waals surface area contributed by atoms with Gasteiger partial charge in [-0.2, -0.15) is 4.98 Å². The lowest BCUT2D eigenvalue weighted by molar-refractivity contribution is -0.115. The first kappa shape index (κ1) is 24.2. The minimum absolute atomic E-state index is 0.0252.